The van der Waals surface area contributed by atoms with Crippen molar-refractivity contribution in [1.82, 2.24) is 0 Å². The number of hydrogen-bond acceptors (Lipinski definition) is 2. The van der Waals surface area contributed by atoms with Crippen LogP contribution in [0.25, 0.3) is 10.1 Å². The van der Waals surface area contributed by atoms with Gasteiger partial charge in [-0.25, -0.2) is 0 Å². The van der Waals surface area contributed by atoms with Gasteiger partial charge in [-0.05, 0) is 40.8 Å². The molecule has 0 N–H and O–H groups in total. The Morgan fingerprint density at radius 2 is 1.77 bits per heavy atom. The molecule has 0 aliphatic carbocycles. The van der Waals surface area contributed by atoms with Crippen LogP contribution in [0.15, 0.2) is 53.0 Å². The Kier molecular flexibility index (Phi) is 5.72. The lowest BCUT2D eigenvalue weighted by molar-refractivity contribution is -0.00853. The lowest BCUT2D eigenvalue weighted by Crippen LogP contribution is -2.46. The Morgan fingerprint density at radius 1 is 1.08 bits per heavy atom. The van der Waals surface area contributed by atoms with Crippen molar-refractivity contribution >= 4 is 57.8 Å². The number of benzene rings is 2. The van der Waals surface area contributed by atoms with E-state index in [9.17, 15) is 0 Å². The Labute approximate surface area is 175 Å². The minimum absolute atomic E-state index is 0.0856. The molecule has 1 radical (unpaired) electrons. The third kappa shape index (κ3) is 3.10. The van der Waals surface area contributed by atoms with Crippen LogP contribution < -0.4 is 0 Å². The van der Waals surface area contributed by atoms with Crippen LogP contribution in [0.1, 0.15) is 24.3 Å². The van der Waals surface area contributed by atoms with Gasteiger partial charge >= 0.3 is 0 Å². The highest BCUT2D eigenvalue weighted by Crippen LogP contribution is 2.58. The average molecular weight is 467 g/mol. The Balaban J connectivity index is 2.40. The van der Waals surface area contributed by atoms with Gasteiger partial charge in [0.05, 0.1) is 8.80 Å². The largest absolute Gasteiger partial charge is 0.368 e. The molecule has 3 rings (SSSR count). The van der Waals surface area contributed by atoms with Gasteiger partial charge in [-0.1, -0.05) is 72.7 Å². The summed E-state index contributed by atoms with van der Waals surface area (Å²) in [4.78, 5) is 1.21. The summed E-state index contributed by atoms with van der Waals surface area (Å²) < 4.78 is 8.71. The molecule has 1 aromatic heterocycles. The first kappa shape index (κ1) is 20.1. The molecule has 137 valence electrons. The van der Waals surface area contributed by atoms with Gasteiger partial charge in [0, 0.05) is 31.7 Å². The molecule has 1 heterocycles. The molecule has 0 bridgehead atoms. The third-order valence-electron chi connectivity index (χ3n) is 5.52. The summed E-state index contributed by atoms with van der Waals surface area (Å²) >= 11 is 12.2. The van der Waals surface area contributed by atoms with Gasteiger partial charge in [0.15, 0.2) is 0 Å². The van der Waals surface area contributed by atoms with Gasteiger partial charge in [0.2, 0.25) is 0 Å². The highest BCUT2D eigenvalue weighted by atomic mass is 79.9. The quantitative estimate of drug-likeness (QED) is 0.349. The maximum absolute atomic E-state index is 6.73. The molecular weight excluding hydrogens is 444 g/mol. The predicted octanol–water partition coefficient (Wildman–Crippen LogP) is 7.74. The summed E-state index contributed by atoms with van der Waals surface area (Å²) in [6.07, 6.45) is 0. The molecule has 2 aromatic carbocycles. The number of fused-ring (bicyclic) bond motifs is 1. The zero-order valence-electron chi connectivity index (χ0n) is 15.7. The molecule has 5 heteroatoms. The van der Waals surface area contributed by atoms with Gasteiger partial charge in [-0.15, -0.1) is 11.3 Å². The fraction of sp³-hybridized carbons (Fsp3) is 0.333. The van der Waals surface area contributed by atoms with Gasteiger partial charge in [0.25, 0.3) is 0 Å². The van der Waals surface area contributed by atoms with Crippen LogP contribution in [-0.4, -0.2) is 15.9 Å². The Hall–Kier alpha value is -0.653. The second-order valence-electron chi connectivity index (χ2n) is 7.28. The van der Waals surface area contributed by atoms with Crippen LogP contribution >= 0.6 is 38.9 Å². The van der Waals surface area contributed by atoms with Crippen LogP contribution in [0, 0.1) is 0 Å². The number of halogens is 2. The lowest BCUT2D eigenvalue weighted by atomic mass is 9.80. The minimum Gasteiger partial charge on any atom is -0.368 e. The minimum atomic E-state index is -0.732. The van der Waals surface area contributed by atoms with Crippen LogP contribution in [0.4, 0.5) is 0 Å². The molecule has 3 aromatic rings. The summed E-state index contributed by atoms with van der Waals surface area (Å²) in [5, 5.41) is 1.90. The fourth-order valence-corrected chi connectivity index (χ4v) is 6.70. The average Bonchev–Trinajstić information content (AvgIpc) is 3.02. The van der Waals surface area contributed by atoms with E-state index in [1.54, 1.807) is 11.3 Å². The molecule has 0 aliphatic rings. The maximum atomic E-state index is 6.73. The Morgan fingerprint density at radius 3 is 2.38 bits per heavy atom. The SMILES string of the molecule is COC(c1cc2ccccc2s1)(c1cc(Br)ccc1Cl)C(C)(C)[Si](C)C. The molecule has 0 saturated carbocycles. The highest BCUT2D eigenvalue weighted by molar-refractivity contribution is 9.10. The van der Waals surface area contributed by atoms with Gasteiger partial charge in [0.1, 0.15) is 5.60 Å². The zero-order valence-corrected chi connectivity index (χ0v) is 19.8. The summed E-state index contributed by atoms with van der Waals surface area (Å²) in [6, 6.07) is 16.8. The van der Waals surface area contributed by atoms with Crippen molar-refractivity contribution in [1.29, 1.82) is 0 Å². The highest BCUT2D eigenvalue weighted by Gasteiger charge is 2.52. The van der Waals surface area contributed by atoms with E-state index in [2.05, 4.69) is 79.3 Å². The predicted molar refractivity (Wildman–Crippen MR) is 120 cm³/mol. The van der Waals surface area contributed by atoms with E-state index in [1.165, 1.54) is 15.0 Å². The molecule has 0 aliphatic heterocycles. The second-order valence-corrected chi connectivity index (χ2v) is 12.9. The Bertz CT molecular complexity index is 904. The first-order valence-corrected chi connectivity index (χ1v) is 13.0. The smallest absolute Gasteiger partial charge is 0.131 e. The molecule has 0 spiro atoms. The summed E-state index contributed by atoms with van der Waals surface area (Å²) in [7, 11) is 1.08. The van der Waals surface area contributed by atoms with Crippen molar-refractivity contribution in [2.24, 2.45) is 0 Å². The van der Waals surface area contributed by atoms with E-state index in [-0.39, 0.29) is 5.04 Å². The van der Waals surface area contributed by atoms with Gasteiger partial charge in [-0.3, -0.25) is 0 Å². The standard InChI is InChI=1S/C21H23BrClOSSi/c1-20(2,26(4)5)21(24-3,16-13-15(22)10-11-17(16)23)19-12-14-8-6-7-9-18(14)25-19/h6-13H,1-5H3. The van der Waals surface area contributed by atoms with Crippen LogP contribution in [0.2, 0.25) is 23.2 Å². The van der Waals surface area contributed by atoms with Crippen molar-refractivity contribution in [2.45, 2.75) is 37.6 Å². The van der Waals surface area contributed by atoms with Gasteiger partial charge < -0.3 is 4.74 Å². The summed E-state index contributed by atoms with van der Waals surface area (Å²) in [5.41, 5.74) is 0.425. The van der Waals surface area contributed by atoms with Gasteiger partial charge in [-0.2, -0.15) is 0 Å². The van der Waals surface area contributed by atoms with Crippen molar-refractivity contribution in [3.05, 3.63) is 68.5 Å². The van der Waals surface area contributed by atoms with Crippen molar-refractivity contribution in [2.75, 3.05) is 7.11 Å². The molecular formula is C21H23BrClOSSi. The first-order valence-electron chi connectivity index (χ1n) is 8.54. The monoisotopic (exact) mass is 465 g/mol. The molecule has 0 amide bonds. The molecule has 1 nitrogen and oxygen atoms in total. The van der Waals surface area contributed by atoms with Crippen LogP contribution in [0.3, 0.4) is 0 Å². The summed E-state index contributed by atoms with van der Waals surface area (Å²) in [5.74, 6) is 0. The van der Waals surface area contributed by atoms with E-state index in [0.29, 0.717) is 0 Å². The first-order chi connectivity index (χ1) is 12.2. The van der Waals surface area contributed by atoms with E-state index >= 15 is 0 Å². The van der Waals surface area contributed by atoms with Crippen molar-refractivity contribution < 1.29 is 4.74 Å². The van der Waals surface area contributed by atoms with Crippen LogP contribution in [0.5, 0.6) is 0 Å². The number of rotatable bonds is 5. The summed E-state index contributed by atoms with van der Waals surface area (Å²) in [6.45, 7) is 9.31. The van der Waals surface area contributed by atoms with E-state index in [1.807, 2.05) is 19.2 Å². The molecule has 1 atom stereocenters. The van der Waals surface area contributed by atoms with E-state index in [0.717, 1.165) is 15.1 Å². The molecule has 0 saturated heterocycles. The lowest BCUT2D eigenvalue weighted by Gasteiger charge is -2.48. The fourth-order valence-electron chi connectivity index (χ4n) is 3.52. The number of thiophene rings is 1. The van der Waals surface area contributed by atoms with E-state index < -0.39 is 14.4 Å². The second kappa shape index (κ2) is 7.40. The van der Waals surface area contributed by atoms with E-state index in [4.69, 9.17) is 16.3 Å². The molecule has 0 fully saturated rings. The number of ether oxygens (including phenoxy) is 1. The van der Waals surface area contributed by atoms with Crippen molar-refractivity contribution in [3.8, 4) is 0 Å². The number of methoxy groups -OCH3 is 1. The molecule has 1 unspecified atom stereocenters. The molecule has 26 heavy (non-hydrogen) atoms. The third-order valence-corrected chi connectivity index (χ3v) is 10.4. The normalized spacial score (nSPS) is 14.8. The van der Waals surface area contributed by atoms with Crippen molar-refractivity contribution in [3.63, 3.8) is 0 Å². The van der Waals surface area contributed by atoms with Crippen LogP contribution in [-0.2, 0) is 10.3 Å². The zero-order chi connectivity index (χ0) is 19.1. The number of hydrogen-bond donors (Lipinski definition) is 0. The topological polar surface area (TPSA) is 9.23 Å². The maximum Gasteiger partial charge on any atom is 0.131 e.